The normalized spacial score (nSPS) is 11.4. The molecule has 0 radical (unpaired) electrons. The number of sulfonamides is 1. The average molecular weight is 360 g/mol. The van der Waals surface area contributed by atoms with E-state index in [1.54, 1.807) is 32.0 Å². The standard InChI is InChI=1S/C19H24N2O3S/c1-12(2)17-8-6-7-9-18(17)21-25(23,24)19-13(3)10-16(11-14(19)4)20-15(5)22/h6-12,21H,1-5H3,(H,20,22). The van der Waals surface area contributed by atoms with Gasteiger partial charge >= 0.3 is 0 Å². The molecular formula is C19H24N2O3S. The number of carbonyl (C=O) groups excluding carboxylic acids is 1. The van der Waals surface area contributed by atoms with E-state index in [9.17, 15) is 13.2 Å². The highest BCUT2D eigenvalue weighted by molar-refractivity contribution is 7.92. The van der Waals surface area contributed by atoms with Gasteiger partial charge in [-0.25, -0.2) is 8.42 Å². The van der Waals surface area contributed by atoms with E-state index in [4.69, 9.17) is 0 Å². The molecule has 0 heterocycles. The largest absolute Gasteiger partial charge is 0.326 e. The summed E-state index contributed by atoms with van der Waals surface area (Å²) >= 11 is 0. The third kappa shape index (κ3) is 4.39. The molecule has 134 valence electrons. The lowest BCUT2D eigenvalue weighted by atomic mass is 10.0. The monoisotopic (exact) mass is 360 g/mol. The maximum atomic E-state index is 13.0. The molecule has 2 aromatic carbocycles. The SMILES string of the molecule is CC(=O)Nc1cc(C)c(S(=O)(=O)Nc2ccccc2C(C)C)c(C)c1. The lowest BCUT2D eigenvalue weighted by Crippen LogP contribution is -2.17. The highest BCUT2D eigenvalue weighted by atomic mass is 32.2. The van der Waals surface area contributed by atoms with Crippen molar-refractivity contribution >= 4 is 27.3 Å². The smallest absolute Gasteiger partial charge is 0.262 e. The predicted octanol–water partition coefficient (Wildman–Crippen LogP) is 4.19. The molecule has 0 unspecified atom stereocenters. The number of carbonyl (C=O) groups is 1. The predicted molar refractivity (Wildman–Crippen MR) is 102 cm³/mol. The van der Waals surface area contributed by atoms with Crippen molar-refractivity contribution in [1.82, 2.24) is 0 Å². The minimum absolute atomic E-state index is 0.196. The number of benzene rings is 2. The first kappa shape index (κ1) is 19.0. The molecule has 0 aliphatic heterocycles. The van der Waals surface area contributed by atoms with Crippen LogP contribution < -0.4 is 10.0 Å². The fraction of sp³-hybridized carbons (Fsp3) is 0.316. The first-order chi connectivity index (χ1) is 11.6. The Morgan fingerprint density at radius 3 is 2.12 bits per heavy atom. The number of hydrogen-bond acceptors (Lipinski definition) is 3. The molecule has 5 nitrogen and oxygen atoms in total. The summed E-state index contributed by atoms with van der Waals surface area (Å²) in [7, 11) is -3.74. The van der Waals surface area contributed by atoms with Crippen LogP contribution in [0.2, 0.25) is 0 Å². The molecule has 0 aliphatic rings. The molecule has 0 aromatic heterocycles. The Balaban J connectivity index is 2.46. The Hall–Kier alpha value is -2.34. The Labute approximate surface area is 149 Å². The summed E-state index contributed by atoms with van der Waals surface area (Å²) in [6.45, 7) is 8.90. The number of nitrogens with one attached hydrogen (secondary N) is 2. The third-order valence-corrected chi connectivity index (χ3v) is 5.55. The average Bonchev–Trinajstić information content (AvgIpc) is 2.45. The zero-order chi connectivity index (χ0) is 18.8. The molecular weight excluding hydrogens is 336 g/mol. The zero-order valence-electron chi connectivity index (χ0n) is 15.2. The van der Waals surface area contributed by atoms with Crippen molar-refractivity contribution in [2.24, 2.45) is 0 Å². The van der Waals surface area contributed by atoms with Gasteiger partial charge in [0.25, 0.3) is 10.0 Å². The maximum absolute atomic E-state index is 13.0. The second-order valence-electron chi connectivity index (χ2n) is 6.47. The molecule has 2 rings (SSSR count). The highest BCUT2D eigenvalue weighted by Crippen LogP contribution is 2.29. The minimum Gasteiger partial charge on any atom is -0.326 e. The number of rotatable bonds is 5. The fourth-order valence-corrected chi connectivity index (χ4v) is 4.48. The molecule has 0 bridgehead atoms. The third-order valence-electron chi connectivity index (χ3n) is 3.88. The van der Waals surface area contributed by atoms with E-state index in [0.29, 0.717) is 22.5 Å². The maximum Gasteiger partial charge on any atom is 0.262 e. The summed E-state index contributed by atoms with van der Waals surface area (Å²) < 4.78 is 28.6. The molecule has 2 N–H and O–H groups in total. The van der Waals surface area contributed by atoms with Gasteiger partial charge in [-0.05, 0) is 54.7 Å². The quantitative estimate of drug-likeness (QED) is 0.839. The van der Waals surface area contributed by atoms with Crippen LogP contribution >= 0.6 is 0 Å². The van der Waals surface area contributed by atoms with Crippen LogP contribution in [0.3, 0.4) is 0 Å². The summed E-state index contributed by atoms with van der Waals surface area (Å²) in [6.07, 6.45) is 0. The van der Waals surface area contributed by atoms with Gasteiger partial charge in [0, 0.05) is 12.6 Å². The van der Waals surface area contributed by atoms with E-state index in [-0.39, 0.29) is 16.7 Å². The second kappa shape index (κ2) is 7.27. The summed E-state index contributed by atoms with van der Waals surface area (Å²) in [5.74, 6) is 0.00151. The summed E-state index contributed by atoms with van der Waals surface area (Å²) in [6, 6.07) is 10.7. The van der Waals surface area contributed by atoms with Gasteiger partial charge in [0.15, 0.2) is 0 Å². The van der Waals surface area contributed by atoms with Crippen LogP contribution in [0, 0.1) is 13.8 Å². The van der Waals surface area contributed by atoms with E-state index in [2.05, 4.69) is 10.0 Å². The van der Waals surface area contributed by atoms with Gasteiger partial charge in [0.2, 0.25) is 5.91 Å². The van der Waals surface area contributed by atoms with E-state index >= 15 is 0 Å². The summed E-state index contributed by atoms with van der Waals surface area (Å²) in [5, 5.41) is 2.68. The number of anilines is 2. The number of para-hydroxylation sites is 1. The van der Waals surface area contributed by atoms with Crippen molar-refractivity contribution in [3.8, 4) is 0 Å². The molecule has 0 saturated carbocycles. The molecule has 1 amide bonds. The van der Waals surface area contributed by atoms with Crippen LogP contribution in [0.5, 0.6) is 0 Å². The molecule has 0 atom stereocenters. The Morgan fingerprint density at radius 1 is 1.04 bits per heavy atom. The lowest BCUT2D eigenvalue weighted by Gasteiger charge is -2.18. The minimum atomic E-state index is -3.74. The number of hydrogen-bond donors (Lipinski definition) is 2. The molecule has 0 spiro atoms. The summed E-state index contributed by atoms with van der Waals surface area (Å²) in [4.78, 5) is 11.5. The zero-order valence-corrected chi connectivity index (χ0v) is 16.0. The molecule has 6 heteroatoms. The van der Waals surface area contributed by atoms with Gasteiger partial charge in [-0.2, -0.15) is 0 Å². The van der Waals surface area contributed by atoms with E-state index < -0.39 is 10.0 Å². The first-order valence-electron chi connectivity index (χ1n) is 8.12. The van der Waals surface area contributed by atoms with Gasteiger partial charge in [0.1, 0.15) is 0 Å². The van der Waals surface area contributed by atoms with Gasteiger partial charge in [-0.15, -0.1) is 0 Å². The Bertz CT molecular complexity index is 880. The highest BCUT2D eigenvalue weighted by Gasteiger charge is 2.22. The van der Waals surface area contributed by atoms with Crippen LogP contribution in [-0.2, 0) is 14.8 Å². The lowest BCUT2D eigenvalue weighted by molar-refractivity contribution is -0.114. The Kier molecular flexibility index (Phi) is 5.52. The second-order valence-corrected chi connectivity index (χ2v) is 8.09. The van der Waals surface area contributed by atoms with Gasteiger partial charge in [-0.1, -0.05) is 32.0 Å². The van der Waals surface area contributed by atoms with Crippen LogP contribution in [0.15, 0.2) is 41.3 Å². The molecule has 0 saturated heterocycles. The van der Waals surface area contributed by atoms with Crippen molar-refractivity contribution in [2.45, 2.75) is 45.4 Å². The Morgan fingerprint density at radius 2 is 1.60 bits per heavy atom. The molecule has 0 aliphatic carbocycles. The molecule has 2 aromatic rings. The van der Waals surface area contributed by atoms with Crippen molar-refractivity contribution in [3.05, 3.63) is 53.1 Å². The van der Waals surface area contributed by atoms with Crippen LogP contribution in [0.4, 0.5) is 11.4 Å². The van der Waals surface area contributed by atoms with Crippen molar-refractivity contribution in [1.29, 1.82) is 0 Å². The van der Waals surface area contributed by atoms with E-state index in [1.807, 2.05) is 32.0 Å². The van der Waals surface area contributed by atoms with Crippen LogP contribution in [0.25, 0.3) is 0 Å². The van der Waals surface area contributed by atoms with Gasteiger partial charge < -0.3 is 5.32 Å². The summed E-state index contributed by atoms with van der Waals surface area (Å²) in [5.41, 5.74) is 3.28. The number of aryl methyl sites for hydroxylation is 2. The van der Waals surface area contributed by atoms with Crippen molar-refractivity contribution in [2.75, 3.05) is 10.0 Å². The van der Waals surface area contributed by atoms with Crippen LogP contribution in [-0.4, -0.2) is 14.3 Å². The number of amides is 1. The van der Waals surface area contributed by atoms with Gasteiger partial charge in [-0.3, -0.25) is 9.52 Å². The van der Waals surface area contributed by atoms with Gasteiger partial charge in [0.05, 0.1) is 10.6 Å². The molecule has 0 fully saturated rings. The van der Waals surface area contributed by atoms with Crippen LogP contribution in [0.1, 0.15) is 43.4 Å². The topological polar surface area (TPSA) is 75.3 Å². The van der Waals surface area contributed by atoms with Crippen molar-refractivity contribution < 1.29 is 13.2 Å². The van der Waals surface area contributed by atoms with E-state index in [0.717, 1.165) is 5.56 Å². The van der Waals surface area contributed by atoms with E-state index in [1.165, 1.54) is 6.92 Å². The van der Waals surface area contributed by atoms with Crippen molar-refractivity contribution in [3.63, 3.8) is 0 Å². The molecule has 25 heavy (non-hydrogen) atoms. The fourth-order valence-electron chi connectivity index (χ4n) is 2.94. The first-order valence-corrected chi connectivity index (χ1v) is 9.60.